The molecule has 1 fully saturated rings. The van der Waals surface area contributed by atoms with Crippen molar-refractivity contribution in [3.8, 4) is 0 Å². The van der Waals surface area contributed by atoms with Crippen LogP contribution < -0.4 is 5.73 Å². The lowest BCUT2D eigenvalue weighted by Crippen LogP contribution is -2.24. The highest BCUT2D eigenvalue weighted by molar-refractivity contribution is 5.30. The number of anilines is 1. The van der Waals surface area contributed by atoms with Crippen molar-refractivity contribution in [3.63, 3.8) is 0 Å². The van der Waals surface area contributed by atoms with Gasteiger partial charge in [0.2, 0.25) is 0 Å². The molecule has 1 aromatic rings. The Labute approximate surface area is 91.1 Å². The van der Waals surface area contributed by atoms with E-state index in [-0.39, 0.29) is 0 Å². The number of hydrogen-bond donors (Lipinski definition) is 1. The molecule has 0 unspecified atom stereocenters. The smallest absolute Gasteiger partial charge is 0.121 e. The lowest BCUT2D eigenvalue weighted by Gasteiger charge is -2.17. The fraction of sp³-hybridized carbons (Fsp3) is 0.727. The zero-order chi connectivity index (χ0) is 10.7. The topological polar surface area (TPSA) is 47.1 Å². The Bertz CT molecular complexity index is 291. The van der Waals surface area contributed by atoms with Gasteiger partial charge < -0.3 is 5.73 Å². The third kappa shape index (κ3) is 2.72. The Balaban J connectivity index is 1.95. The van der Waals surface area contributed by atoms with Crippen LogP contribution in [0.25, 0.3) is 0 Å². The maximum Gasteiger partial charge on any atom is 0.121 e. The molecule has 0 spiro atoms. The maximum absolute atomic E-state index is 5.76. The molecule has 15 heavy (non-hydrogen) atoms. The maximum atomic E-state index is 5.76. The van der Waals surface area contributed by atoms with Crippen molar-refractivity contribution >= 4 is 5.82 Å². The fourth-order valence-electron chi connectivity index (χ4n) is 2.14. The number of hydrogen-bond acceptors (Lipinski definition) is 3. The van der Waals surface area contributed by atoms with Crippen LogP contribution in [-0.2, 0) is 13.6 Å². The van der Waals surface area contributed by atoms with Gasteiger partial charge in [0.25, 0.3) is 0 Å². The van der Waals surface area contributed by atoms with Crippen molar-refractivity contribution in [2.45, 2.75) is 32.2 Å². The monoisotopic (exact) mass is 208 g/mol. The third-order valence-electron chi connectivity index (χ3n) is 3.05. The zero-order valence-electron chi connectivity index (χ0n) is 9.45. The minimum Gasteiger partial charge on any atom is -0.384 e. The predicted molar refractivity (Wildman–Crippen MR) is 61.4 cm³/mol. The molecule has 1 aromatic heterocycles. The molecule has 0 bridgehead atoms. The number of rotatable bonds is 2. The fourth-order valence-corrected chi connectivity index (χ4v) is 2.14. The van der Waals surface area contributed by atoms with Crippen molar-refractivity contribution in [2.75, 3.05) is 18.8 Å². The minimum atomic E-state index is 0.750. The lowest BCUT2D eigenvalue weighted by molar-refractivity contribution is 0.273. The second-order valence-corrected chi connectivity index (χ2v) is 4.37. The van der Waals surface area contributed by atoms with Crippen LogP contribution in [0, 0.1) is 0 Å². The largest absolute Gasteiger partial charge is 0.384 e. The molecule has 84 valence electrons. The summed E-state index contributed by atoms with van der Waals surface area (Å²) in [7, 11) is 1.89. The van der Waals surface area contributed by atoms with E-state index in [1.165, 1.54) is 38.8 Å². The van der Waals surface area contributed by atoms with E-state index in [1.807, 2.05) is 13.1 Å². The van der Waals surface area contributed by atoms with Crippen molar-refractivity contribution in [2.24, 2.45) is 7.05 Å². The van der Waals surface area contributed by atoms with E-state index in [1.54, 1.807) is 4.68 Å². The van der Waals surface area contributed by atoms with E-state index in [0.29, 0.717) is 0 Å². The van der Waals surface area contributed by atoms with Gasteiger partial charge in [0.1, 0.15) is 5.82 Å². The predicted octanol–water partition coefficient (Wildman–Crippen LogP) is 1.38. The molecule has 0 atom stereocenters. The molecule has 1 aliphatic heterocycles. The van der Waals surface area contributed by atoms with Crippen LogP contribution in [0.1, 0.15) is 31.4 Å². The summed E-state index contributed by atoms with van der Waals surface area (Å²) < 4.78 is 1.74. The number of likely N-dealkylation sites (tertiary alicyclic amines) is 1. The minimum absolute atomic E-state index is 0.750. The van der Waals surface area contributed by atoms with Crippen LogP contribution in [-0.4, -0.2) is 27.8 Å². The van der Waals surface area contributed by atoms with Gasteiger partial charge in [-0.15, -0.1) is 0 Å². The molecule has 0 saturated carbocycles. The molecular weight excluding hydrogens is 188 g/mol. The normalized spacial score (nSPS) is 19.0. The van der Waals surface area contributed by atoms with E-state index in [4.69, 9.17) is 5.73 Å². The van der Waals surface area contributed by atoms with Gasteiger partial charge in [-0.3, -0.25) is 9.58 Å². The quantitative estimate of drug-likeness (QED) is 0.798. The number of nitrogens with zero attached hydrogens (tertiary/aromatic N) is 3. The molecule has 4 heteroatoms. The number of nitrogen functional groups attached to an aromatic ring is 1. The summed E-state index contributed by atoms with van der Waals surface area (Å²) in [5.74, 6) is 0.750. The van der Waals surface area contributed by atoms with Crippen LogP contribution in [0.15, 0.2) is 6.07 Å². The lowest BCUT2D eigenvalue weighted by atomic mass is 10.2. The zero-order valence-corrected chi connectivity index (χ0v) is 9.45. The van der Waals surface area contributed by atoms with Crippen LogP contribution in [0.3, 0.4) is 0 Å². The van der Waals surface area contributed by atoms with E-state index < -0.39 is 0 Å². The molecule has 0 amide bonds. The first-order valence-electron chi connectivity index (χ1n) is 5.76. The van der Waals surface area contributed by atoms with E-state index in [2.05, 4.69) is 10.00 Å². The van der Waals surface area contributed by atoms with Gasteiger partial charge in [0.05, 0.1) is 5.69 Å². The Morgan fingerprint density at radius 3 is 2.47 bits per heavy atom. The average Bonchev–Trinajstić information content (AvgIpc) is 2.45. The first-order chi connectivity index (χ1) is 7.25. The summed E-state index contributed by atoms with van der Waals surface area (Å²) >= 11 is 0. The van der Waals surface area contributed by atoms with Gasteiger partial charge in [-0.1, -0.05) is 12.8 Å². The summed E-state index contributed by atoms with van der Waals surface area (Å²) in [5, 5.41) is 4.38. The Morgan fingerprint density at radius 2 is 1.93 bits per heavy atom. The number of aryl methyl sites for hydroxylation is 1. The third-order valence-corrected chi connectivity index (χ3v) is 3.05. The molecule has 1 saturated heterocycles. The van der Waals surface area contributed by atoms with Crippen LogP contribution in [0.4, 0.5) is 5.82 Å². The highest BCUT2D eigenvalue weighted by Crippen LogP contribution is 2.13. The van der Waals surface area contributed by atoms with Crippen molar-refractivity contribution in [1.29, 1.82) is 0 Å². The Hall–Kier alpha value is -1.03. The van der Waals surface area contributed by atoms with Crippen LogP contribution >= 0.6 is 0 Å². The van der Waals surface area contributed by atoms with Gasteiger partial charge >= 0.3 is 0 Å². The SMILES string of the molecule is Cn1nc(CN2CCCCCC2)cc1N. The van der Waals surface area contributed by atoms with Crippen molar-refractivity contribution < 1.29 is 0 Å². The summed E-state index contributed by atoms with van der Waals surface area (Å²) in [5.41, 5.74) is 6.85. The molecular formula is C11H20N4. The van der Waals surface area contributed by atoms with Crippen molar-refractivity contribution in [1.82, 2.24) is 14.7 Å². The first-order valence-corrected chi connectivity index (χ1v) is 5.76. The number of aromatic nitrogens is 2. The van der Waals surface area contributed by atoms with Crippen LogP contribution in [0.2, 0.25) is 0 Å². The van der Waals surface area contributed by atoms with Gasteiger partial charge in [0, 0.05) is 19.7 Å². The Morgan fingerprint density at radius 1 is 1.27 bits per heavy atom. The highest BCUT2D eigenvalue weighted by Gasteiger charge is 2.11. The molecule has 4 nitrogen and oxygen atoms in total. The molecule has 2 heterocycles. The average molecular weight is 208 g/mol. The van der Waals surface area contributed by atoms with Crippen molar-refractivity contribution in [3.05, 3.63) is 11.8 Å². The second-order valence-electron chi connectivity index (χ2n) is 4.37. The van der Waals surface area contributed by atoms with E-state index >= 15 is 0 Å². The van der Waals surface area contributed by atoms with Gasteiger partial charge in [-0.25, -0.2) is 0 Å². The summed E-state index contributed by atoms with van der Waals surface area (Å²) in [6.07, 6.45) is 5.40. The van der Waals surface area contributed by atoms with E-state index in [9.17, 15) is 0 Å². The Kier molecular flexibility index (Phi) is 3.26. The second kappa shape index (κ2) is 4.66. The highest BCUT2D eigenvalue weighted by atomic mass is 15.3. The standard InChI is InChI=1S/C11H20N4/c1-14-11(12)8-10(13-14)9-15-6-4-2-3-5-7-15/h8H,2-7,9,12H2,1H3. The summed E-state index contributed by atoms with van der Waals surface area (Å²) in [4.78, 5) is 2.48. The van der Waals surface area contributed by atoms with Gasteiger partial charge in [-0.05, 0) is 25.9 Å². The molecule has 0 aliphatic carbocycles. The first kappa shape index (κ1) is 10.5. The summed E-state index contributed by atoms with van der Waals surface area (Å²) in [6.45, 7) is 3.36. The molecule has 2 N–H and O–H groups in total. The molecule has 2 rings (SSSR count). The molecule has 1 aliphatic rings. The van der Waals surface area contributed by atoms with Crippen LogP contribution in [0.5, 0.6) is 0 Å². The number of nitrogens with two attached hydrogens (primary N) is 1. The van der Waals surface area contributed by atoms with E-state index in [0.717, 1.165) is 18.1 Å². The summed E-state index contributed by atoms with van der Waals surface area (Å²) in [6, 6.07) is 1.98. The van der Waals surface area contributed by atoms with Gasteiger partial charge in [0.15, 0.2) is 0 Å². The van der Waals surface area contributed by atoms with Gasteiger partial charge in [-0.2, -0.15) is 5.10 Å². The molecule has 0 radical (unpaired) electrons. The molecule has 0 aromatic carbocycles.